The molecular formula is C24H27BrN5O6P. The van der Waals surface area contributed by atoms with Gasteiger partial charge < -0.3 is 25.2 Å². The largest absolute Gasteiger partial charge is 0.524 e. The number of phenols is 1. The molecule has 37 heavy (non-hydrogen) atoms. The van der Waals surface area contributed by atoms with Crippen LogP contribution in [0.4, 0.5) is 5.82 Å². The molecule has 2 aromatic carbocycles. The topological polar surface area (TPSA) is 173 Å². The van der Waals surface area contributed by atoms with Crippen molar-refractivity contribution >= 4 is 57.4 Å². The van der Waals surface area contributed by atoms with Gasteiger partial charge in [-0.3, -0.25) is 14.6 Å². The molecular weight excluding hydrogens is 565 g/mol. The third-order valence-electron chi connectivity index (χ3n) is 5.84. The molecule has 0 spiro atoms. The Hall–Kier alpha value is -3.18. The van der Waals surface area contributed by atoms with Crippen LogP contribution < -0.4 is 15.6 Å². The monoisotopic (exact) mass is 591 g/mol. The number of anilines is 1. The fourth-order valence-electron chi connectivity index (χ4n) is 4.13. The number of carbonyl (C=O) groups excluding carboxylic acids is 1. The number of aryl methyl sites for hydroxylation is 1. The molecule has 11 nitrogen and oxygen atoms in total. The van der Waals surface area contributed by atoms with Crippen LogP contribution in [0, 0.1) is 0 Å². The fraction of sp³-hybridized carbons (Fsp3) is 0.292. The lowest BCUT2D eigenvalue weighted by Gasteiger charge is -2.15. The van der Waals surface area contributed by atoms with Gasteiger partial charge in [-0.15, -0.1) is 0 Å². The number of unbranched alkanes of at least 4 members (excludes halogenated alkanes) is 1. The van der Waals surface area contributed by atoms with Crippen molar-refractivity contribution in [2.24, 2.45) is 0 Å². The predicted octanol–water partition coefficient (Wildman–Crippen LogP) is 3.75. The lowest BCUT2D eigenvalue weighted by atomic mass is 10.1. The van der Waals surface area contributed by atoms with E-state index in [4.69, 9.17) is 10.7 Å². The molecule has 0 radical (unpaired) electrons. The van der Waals surface area contributed by atoms with Crippen molar-refractivity contribution in [1.29, 1.82) is 0 Å². The molecule has 0 aliphatic heterocycles. The van der Waals surface area contributed by atoms with E-state index in [-0.39, 0.29) is 35.1 Å². The quantitative estimate of drug-likeness (QED) is 0.136. The van der Waals surface area contributed by atoms with E-state index in [9.17, 15) is 24.3 Å². The Bertz CT molecular complexity index is 1520. The van der Waals surface area contributed by atoms with Crippen LogP contribution in [0.3, 0.4) is 0 Å². The van der Waals surface area contributed by atoms with Crippen molar-refractivity contribution in [3.05, 3.63) is 53.3 Å². The van der Waals surface area contributed by atoms with Crippen LogP contribution in [0.15, 0.2) is 36.4 Å². The highest BCUT2D eigenvalue weighted by Gasteiger charge is 2.22. The van der Waals surface area contributed by atoms with Gasteiger partial charge in [0.05, 0.1) is 22.9 Å². The predicted molar refractivity (Wildman–Crippen MR) is 144 cm³/mol. The smallest absolute Gasteiger partial charge is 0.504 e. The first-order valence-electron chi connectivity index (χ1n) is 11.6. The zero-order chi connectivity index (χ0) is 26.7. The van der Waals surface area contributed by atoms with Gasteiger partial charge in [-0.2, -0.15) is 0 Å². The number of hydrogen-bond donors (Lipinski definition) is 5. The van der Waals surface area contributed by atoms with Crippen molar-refractivity contribution in [3.8, 4) is 11.5 Å². The summed E-state index contributed by atoms with van der Waals surface area (Å²) in [5.74, 6) is 0.166. The average molecular weight is 592 g/mol. The summed E-state index contributed by atoms with van der Waals surface area (Å²) < 4.78 is 17.9. The lowest BCUT2D eigenvalue weighted by molar-refractivity contribution is -0.118. The van der Waals surface area contributed by atoms with E-state index in [1.165, 1.54) is 6.07 Å². The van der Waals surface area contributed by atoms with Gasteiger partial charge in [0.1, 0.15) is 11.3 Å². The number of aromatic hydroxyl groups is 1. The van der Waals surface area contributed by atoms with Gasteiger partial charge >= 0.3 is 7.82 Å². The number of nitrogens with one attached hydrogen (secondary N) is 1. The molecule has 0 bridgehead atoms. The number of para-hydroxylation sites is 1. The Morgan fingerprint density at radius 3 is 2.73 bits per heavy atom. The number of amides is 1. The summed E-state index contributed by atoms with van der Waals surface area (Å²) in [5.41, 5.74) is 9.41. The molecule has 0 aliphatic carbocycles. The van der Waals surface area contributed by atoms with Crippen molar-refractivity contribution < 1.29 is 28.8 Å². The van der Waals surface area contributed by atoms with E-state index >= 15 is 0 Å². The van der Waals surface area contributed by atoms with Crippen LogP contribution in [0.25, 0.3) is 21.9 Å². The molecule has 0 fully saturated rings. The summed E-state index contributed by atoms with van der Waals surface area (Å²) in [7, 11) is -4.87. The summed E-state index contributed by atoms with van der Waals surface area (Å²) in [6.45, 7) is 2.54. The molecule has 4 aromatic rings. The number of phosphoric ester groups is 1. The number of nitrogen functional groups attached to an aromatic ring is 1. The Morgan fingerprint density at radius 2 is 2.03 bits per heavy atom. The number of carbonyl (C=O) groups is 1. The highest BCUT2D eigenvalue weighted by Crippen LogP contribution is 2.43. The number of phosphoric acid groups is 1. The van der Waals surface area contributed by atoms with Crippen LogP contribution in [0.2, 0.25) is 0 Å². The molecule has 13 heteroatoms. The van der Waals surface area contributed by atoms with Gasteiger partial charge in [0, 0.05) is 23.9 Å². The fourth-order valence-corrected chi connectivity index (χ4v) is 4.73. The number of alkyl halides is 1. The molecule has 1 amide bonds. The average Bonchev–Trinajstić information content (AvgIpc) is 3.22. The first-order chi connectivity index (χ1) is 17.6. The lowest BCUT2D eigenvalue weighted by Crippen LogP contribution is -2.23. The summed E-state index contributed by atoms with van der Waals surface area (Å²) in [6, 6.07) is 10.1. The normalized spacial score (nSPS) is 11.8. The van der Waals surface area contributed by atoms with E-state index in [1.54, 1.807) is 12.1 Å². The number of aromatic nitrogens is 3. The van der Waals surface area contributed by atoms with E-state index in [2.05, 4.69) is 37.7 Å². The molecule has 0 aliphatic rings. The Balaban J connectivity index is 1.88. The van der Waals surface area contributed by atoms with E-state index in [0.29, 0.717) is 35.1 Å². The number of nitrogens with two attached hydrogens (primary N) is 1. The maximum Gasteiger partial charge on any atom is 0.524 e. The second-order valence-electron chi connectivity index (χ2n) is 8.52. The van der Waals surface area contributed by atoms with Crippen molar-refractivity contribution in [1.82, 2.24) is 19.9 Å². The van der Waals surface area contributed by atoms with Gasteiger partial charge in [0.2, 0.25) is 5.91 Å². The third kappa shape index (κ3) is 6.04. The van der Waals surface area contributed by atoms with Gasteiger partial charge in [0.15, 0.2) is 17.3 Å². The van der Waals surface area contributed by atoms with Gasteiger partial charge in [-0.25, -0.2) is 14.5 Å². The SMILES string of the molecule is CCCCc1nc2c(N)nc3ccc(CNC(=O)CBr)cc3c2n1Cc1cccc(OP(=O)(O)O)c1O. The van der Waals surface area contributed by atoms with Gasteiger partial charge in [-0.1, -0.05) is 47.5 Å². The maximum absolute atomic E-state index is 11.7. The van der Waals surface area contributed by atoms with Crippen molar-refractivity contribution in [2.45, 2.75) is 39.3 Å². The van der Waals surface area contributed by atoms with Crippen LogP contribution in [0.1, 0.15) is 36.7 Å². The minimum atomic E-state index is -4.87. The van der Waals surface area contributed by atoms with Crippen molar-refractivity contribution in [2.75, 3.05) is 11.1 Å². The summed E-state index contributed by atoms with van der Waals surface area (Å²) in [6.07, 6.45) is 2.45. The first-order valence-corrected chi connectivity index (χ1v) is 14.2. The number of fused-ring (bicyclic) bond motifs is 3. The number of nitrogens with zero attached hydrogens (tertiary/aromatic N) is 3. The molecule has 0 saturated heterocycles. The highest BCUT2D eigenvalue weighted by atomic mass is 79.9. The number of halogens is 1. The minimum Gasteiger partial charge on any atom is -0.504 e. The van der Waals surface area contributed by atoms with Crippen LogP contribution in [0.5, 0.6) is 11.5 Å². The van der Waals surface area contributed by atoms with Crippen molar-refractivity contribution in [3.63, 3.8) is 0 Å². The van der Waals surface area contributed by atoms with Gasteiger partial charge in [-0.05, 0) is 30.2 Å². The number of pyridine rings is 1. The number of rotatable bonds is 10. The Morgan fingerprint density at radius 1 is 1.24 bits per heavy atom. The minimum absolute atomic E-state index is 0.138. The van der Waals surface area contributed by atoms with Crippen LogP contribution in [-0.4, -0.2) is 40.7 Å². The van der Waals surface area contributed by atoms with Gasteiger partial charge in [0.25, 0.3) is 0 Å². The molecule has 0 atom stereocenters. The second-order valence-corrected chi connectivity index (χ2v) is 10.2. The summed E-state index contributed by atoms with van der Waals surface area (Å²) in [4.78, 5) is 39.5. The Kier molecular flexibility index (Phi) is 8.03. The van der Waals surface area contributed by atoms with E-state index in [0.717, 1.165) is 29.6 Å². The third-order valence-corrected chi connectivity index (χ3v) is 6.78. The number of imidazole rings is 1. The highest BCUT2D eigenvalue weighted by molar-refractivity contribution is 9.09. The zero-order valence-corrected chi connectivity index (χ0v) is 22.5. The zero-order valence-electron chi connectivity index (χ0n) is 20.0. The molecule has 0 unspecified atom stereocenters. The van der Waals surface area contributed by atoms with E-state index in [1.807, 2.05) is 22.8 Å². The summed E-state index contributed by atoms with van der Waals surface area (Å²) in [5, 5.41) is 14.6. The summed E-state index contributed by atoms with van der Waals surface area (Å²) >= 11 is 3.14. The number of hydrogen-bond acceptors (Lipinski definition) is 7. The molecule has 2 heterocycles. The first kappa shape index (κ1) is 26.9. The molecule has 2 aromatic heterocycles. The molecule has 0 saturated carbocycles. The molecule has 6 N–H and O–H groups in total. The molecule has 4 rings (SSSR count). The maximum atomic E-state index is 11.7. The second kappa shape index (κ2) is 11.1. The molecule has 196 valence electrons. The Labute approximate surface area is 221 Å². The standard InChI is InChI=1S/C24H27BrN5O6P/c1-2-3-7-19-29-21-22(30(19)13-15-5-4-6-18(23(15)32)36-37(33,34)35)16-10-14(12-27-20(31)11-25)8-9-17(16)28-24(21)26/h4-6,8-10,32H,2-3,7,11-13H2,1H3,(H2,26,28)(H,27,31)(H2,33,34,35). The number of phenolic OH excluding ortho intramolecular Hbond substituents is 1. The van der Waals surface area contributed by atoms with Crippen LogP contribution in [-0.2, 0) is 28.9 Å². The van der Waals surface area contributed by atoms with Crippen LogP contribution >= 0.6 is 23.8 Å². The van der Waals surface area contributed by atoms with E-state index < -0.39 is 7.82 Å². The number of benzene rings is 2.